The molecule has 0 saturated carbocycles. The van der Waals surface area contributed by atoms with Gasteiger partial charge in [0.1, 0.15) is 11.6 Å². The number of aliphatic hydroxyl groups is 3. The summed E-state index contributed by atoms with van der Waals surface area (Å²) in [7, 11) is 0. The van der Waals surface area contributed by atoms with E-state index in [0.29, 0.717) is 82.5 Å². The predicted molar refractivity (Wildman–Crippen MR) is 382 cm³/mol. The number of carbonyl (C=O) groups is 6. The van der Waals surface area contributed by atoms with Gasteiger partial charge in [0.25, 0.3) is 0 Å². The van der Waals surface area contributed by atoms with Crippen LogP contribution in [-0.4, -0.2) is 229 Å². The van der Waals surface area contributed by atoms with Gasteiger partial charge in [-0.05, 0) is 97.1 Å². The fraction of sp³-hybridized carbons (Fsp3) is 0.318. The number of aromatic nitrogens is 9. The van der Waals surface area contributed by atoms with Crippen molar-refractivity contribution in [1.82, 2.24) is 75.5 Å². The largest absolute Gasteiger partial charge is 0.395 e. The van der Waals surface area contributed by atoms with Gasteiger partial charge >= 0.3 is 18.1 Å². The lowest BCUT2D eigenvalue weighted by Crippen LogP contribution is -2.48. The van der Waals surface area contributed by atoms with Gasteiger partial charge in [0.05, 0.1) is 30.5 Å². The van der Waals surface area contributed by atoms with E-state index in [4.69, 9.17) is 26.9 Å². The van der Waals surface area contributed by atoms with Crippen LogP contribution in [0.4, 0.5) is 88.2 Å². The van der Waals surface area contributed by atoms with Crippen molar-refractivity contribution in [3.63, 3.8) is 0 Å². The first-order valence-corrected chi connectivity index (χ1v) is 32.7. The second-order valence-electron chi connectivity index (χ2n) is 23.0. The summed E-state index contributed by atoms with van der Waals surface area (Å²) in [4.78, 5) is 121. The second-order valence-corrected chi connectivity index (χ2v) is 23.4. The zero-order chi connectivity index (χ0) is 71.4. The van der Waals surface area contributed by atoms with Crippen molar-refractivity contribution in [2.45, 2.75) is 20.8 Å². The summed E-state index contributed by atoms with van der Waals surface area (Å²) in [5, 5.41) is 53.0. The van der Waals surface area contributed by atoms with Gasteiger partial charge in [-0.15, -0.1) is 0 Å². The van der Waals surface area contributed by atoms with E-state index in [1.54, 1.807) is 63.5 Å². The van der Waals surface area contributed by atoms with Crippen molar-refractivity contribution in [2.75, 3.05) is 165 Å². The minimum absolute atomic E-state index is 0.0324. The van der Waals surface area contributed by atoms with Crippen LogP contribution in [0.25, 0.3) is 33.1 Å². The molecule has 0 unspecified atom stereocenters. The number of anilines is 12. The molecule has 33 nitrogen and oxygen atoms in total. The first-order valence-electron chi connectivity index (χ1n) is 32.3. The van der Waals surface area contributed by atoms with Gasteiger partial charge in [-0.2, -0.15) is 15.0 Å². The lowest BCUT2D eigenvalue weighted by atomic mass is 10.2. The van der Waals surface area contributed by atoms with Crippen LogP contribution >= 0.6 is 11.6 Å². The van der Waals surface area contributed by atoms with Crippen molar-refractivity contribution >= 4 is 150 Å². The van der Waals surface area contributed by atoms with Gasteiger partial charge in [0.15, 0.2) is 28.6 Å². The van der Waals surface area contributed by atoms with Crippen molar-refractivity contribution in [2.24, 2.45) is 0 Å². The number of nitrogens with zero attached hydrogens (tertiary/aromatic N) is 15. The fourth-order valence-corrected chi connectivity index (χ4v) is 11.0. The number of urea groups is 3. The van der Waals surface area contributed by atoms with Gasteiger partial charge in [0, 0.05) is 182 Å². The number of hydrogen-bond donors (Lipinski definition) is 12. The van der Waals surface area contributed by atoms with E-state index in [9.17, 15) is 33.2 Å². The van der Waals surface area contributed by atoms with E-state index >= 15 is 0 Å². The molecule has 12 N–H and O–H groups in total. The van der Waals surface area contributed by atoms with Gasteiger partial charge < -0.3 is 76.6 Å². The maximum atomic E-state index is 14.3. The van der Waals surface area contributed by atoms with Crippen molar-refractivity contribution < 1.29 is 48.5 Å². The van der Waals surface area contributed by atoms with E-state index in [1.807, 2.05) is 75.4 Å². The molecule has 0 bridgehead atoms. The minimum Gasteiger partial charge on any atom is -0.395 e. The number of piperazine rings is 3. The zero-order valence-corrected chi connectivity index (χ0v) is 56.2. The SMILES string of the molecule is CC(=O)N1CCN(c2ccc(Nc3ncc4cc(F)c(NC(=O)NCCO)nc4n3)cc2)CC1.CC(=O)N1CCN(c2ccc(Nc3ncc4ccc(NC(=O)NCCO)nc4n3)cc2)CC1.CC(=O)N1CCN(c2ccc(Nc3ncc4ccc(NC(=O)NCCO)nc4n3)cc2Cl)CC1. The molecule has 0 spiro atoms. The van der Waals surface area contributed by atoms with E-state index in [1.165, 1.54) is 12.3 Å². The molecule has 3 aliphatic heterocycles. The summed E-state index contributed by atoms with van der Waals surface area (Å²) in [6.45, 7) is 13.4. The number of amides is 9. The quantitative estimate of drug-likeness (QED) is 0.0508. The standard InChI is InChI=1S/C22H25ClN8O3.C22H25FN8O3.C22H26N8O3/c1-14(33)30-7-9-31(10-8-30)18-4-3-16(12-17(18)23)26-21-25-13-15-2-5-19(27-20(15)29-21)28-22(34)24-6-11-32;1-14(33)30-7-9-31(10-8-30)17-4-2-16(3-5-17)26-21-25-13-15-12-18(23)20(27-19(15)28-21)29-22(34)24-6-11-32;1-15(32)29-9-11-30(12-10-29)18-5-3-17(4-6-18)25-21-24-14-16-2-7-19(26-20(16)28-21)27-22(33)23-8-13-31/h2*2-5,12-13,32H,6-11H2,1H3,(H3,24,25,26,27,28,29,34);2-7,14,31H,8-13H2,1H3,(H3,23,24,25,26,27,28,33). The summed E-state index contributed by atoms with van der Waals surface area (Å²) in [6, 6.07) is 27.8. The number of hydrogen-bond acceptors (Lipinski definition) is 24. The maximum Gasteiger partial charge on any atom is 0.320 e. The van der Waals surface area contributed by atoms with Crippen molar-refractivity contribution in [3.8, 4) is 0 Å². The summed E-state index contributed by atoms with van der Waals surface area (Å²) < 4.78 is 14.3. The Balaban J connectivity index is 0.000000163. The van der Waals surface area contributed by atoms with Gasteiger partial charge in [-0.1, -0.05) is 11.6 Å². The lowest BCUT2D eigenvalue weighted by molar-refractivity contribution is -0.129. The Kier molecular flexibility index (Phi) is 24.7. The highest BCUT2D eigenvalue weighted by Crippen LogP contribution is 2.32. The lowest BCUT2D eigenvalue weighted by Gasteiger charge is -2.36. The third kappa shape index (κ3) is 20.2. The summed E-state index contributed by atoms with van der Waals surface area (Å²) in [5.74, 6) is 0.958. The Hall–Kier alpha value is -11.8. The number of pyridine rings is 3. The van der Waals surface area contributed by atoms with Crippen LogP contribution in [-0.2, 0) is 14.4 Å². The van der Waals surface area contributed by atoms with Gasteiger partial charge in [0.2, 0.25) is 35.6 Å². The van der Waals surface area contributed by atoms with E-state index in [-0.39, 0.29) is 74.6 Å². The van der Waals surface area contributed by atoms with Gasteiger partial charge in [-0.3, -0.25) is 30.3 Å². The van der Waals surface area contributed by atoms with E-state index < -0.39 is 23.9 Å². The Morgan fingerprint density at radius 1 is 0.426 bits per heavy atom. The molecule has 528 valence electrons. The molecular weight excluding hydrogens is 1330 g/mol. The van der Waals surface area contributed by atoms with E-state index in [0.717, 1.165) is 86.2 Å². The topological polar surface area (TPSA) is 407 Å². The first-order chi connectivity index (χ1) is 48.9. The maximum absolute atomic E-state index is 14.3. The highest BCUT2D eigenvalue weighted by atomic mass is 35.5. The Labute approximate surface area is 583 Å². The average molecular weight is 1400 g/mol. The van der Waals surface area contributed by atoms with Crippen molar-refractivity contribution in [3.05, 3.63) is 126 Å². The molecule has 101 heavy (non-hydrogen) atoms. The smallest absolute Gasteiger partial charge is 0.320 e. The molecule has 3 aliphatic rings. The van der Waals surface area contributed by atoms with Crippen LogP contribution in [0.2, 0.25) is 5.02 Å². The van der Waals surface area contributed by atoms with Crippen LogP contribution < -0.4 is 62.6 Å². The second kappa shape index (κ2) is 34.6. The normalized spacial score (nSPS) is 13.6. The number of aliphatic hydroxyl groups excluding tert-OH is 3. The molecule has 0 atom stereocenters. The monoisotopic (exact) mass is 1400 g/mol. The molecule has 3 aromatic carbocycles. The first kappa shape index (κ1) is 72.0. The number of nitrogens with one attached hydrogen (secondary N) is 9. The molecule has 9 amide bonds. The average Bonchev–Trinajstić information content (AvgIpc) is 0.833. The summed E-state index contributed by atoms with van der Waals surface area (Å²) in [6.07, 6.45) is 4.74. The summed E-state index contributed by atoms with van der Waals surface area (Å²) in [5.41, 5.74) is 6.42. The molecule has 12 rings (SSSR count). The van der Waals surface area contributed by atoms with Crippen molar-refractivity contribution in [1.29, 1.82) is 0 Å². The molecule has 3 saturated heterocycles. The number of carbonyl (C=O) groups excluding carboxylic acids is 6. The zero-order valence-electron chi connectivity index (χ0n) is 55.5. The van der Waals surface area contributed by atoms with Crippen LogP contribution in [0.5, 0.6) is 0 Å². The van der Waals surface area contributed by atoms with E-state index in [2.05, 4.69) is 107 Å². The molecule has 3 fully saturated rings. The van der Waals surface area contributed by atoms with Crippen LogP contribution in [0.15, 0.2) is 116 Å². The third-order valence-electron chi connectivity index (χ3n) is 16.0. The highest BCUT2D eigenvalue weighted by Gasteiger charge is 2.23. The van der Waals surface area contributed by atoms with Crippen LogP contribution in [0.1, 0.15) is 20.8 Å². The highest BCUT2D eigenvalue weighted by molar-refractivity contribution is 6.33. The molecular formula is C66H76ClFN24O9. The predicted octanol–water partition coefficient (Wildman–Crippen LogP) is 5.44. The molecule has 0 aliphatic carbocycles. The number of halogens is 2. The minimum atomic E-state index is -0.726. The molecule has 35 heteroatoms. The molecule has 9 aromatic rings. The Morgan fingerprint density at radius 2 is 0.792 bits per heavy atom. The van der Waals surface area contributed by atoms with Crippen LogP contribution in [0.3, 0.4) is 0 Å². The molecule has 6 aromatic heterocycles. The Morgan fingerprint density at radius 3 is 1.19 bits per heavy atom. The molecule has 9 heterocycles. The number of rotatable bonds is 18. The number of benzene rings is 3. The summed E-state index contributed by atoms with van der Waals surface area (Å²) >= 11 is 6.55. The number of fused-ring (bicyclic) bond motifs is 3. The van der Waals surface area contributed by atoms with Gasteiger partial charge in [-0.25, -0.2) is 48.7 Å². The fourth-order valence-electron chi connectivity index (χ4n) is 10.7. The van der Waals surface area contributed by atoms with Crippen LogP contribution in [0, 0.1) is 5.82 Å². The molecule has 0 radical (unpaired) electrons. The Bertz CT molecular complexity index is 4390. The third-order valence-corrected chi connectivity index (χ3v) is 16.3.